The van der Waals surface area contributed by atoms with Gasteiger partial charge >= 0.3 is 0 Å². The van der Waals surface area contributed by atoms with Crippen molar-refractivity contribution in [3.05, 3.63) is 70.7 Å². The minimum absolute atomic E-state index is 0.0679. The predicted octanol–water partition coefficient (Wildman–Crippen LogP) is 5.87. The number of hydrogen-bond acceptors (Lipinski definition) is 8. The van der Waals surface area contributed by atoms with Gasteiger partial charge in [0.05, 0.1) is 33.5 Å². The Morgan fingerprint density at radius 2 is 2.03 bits per heavy atom. The molecule has 2 aromatic heterocycles. The maximum Gasteiger partial charge on any atom is 0.262 e. The molecule has 0 radical (unpaired) electrons. The van der Waals surface area contributed by atoms with Crippen LogP contribution in [0.15, 0.2) is 48.6 Å². The molecule has 2 aliphatic rings. The van der Waals surface area contributed by atoms with E-state index in [9.17, 15) is 18.4 Å². The molecular formula is C27H28ClF3N8. The third-order valence-electron chi connectivity index (χ3n) is 6.80. The van der Waals surface area contributed by atoms with Crippen LogP contribution >= 0.6 is 11.6 Å². The summed E-state index contributed by atoms with van der Waals surface area (Å²) in [5.74, 6) is -0.709. The summed E-state index contributed by atoms with van der Waals surface area (Å²) >= 11 is 6.63. The SMILES string of the molecule is CC(C)(C)CNc1c(C#N)cnc2c(Cl)cc(NC(C3=CN(C4(C(F)F)CC4)NN3)c3cccnc3F)cc12. The number of halogens is 4. The summed E-state index contributed by atoms with van der Waals surface area (Å²) in [6, 6.07) is 7.94. The maximum atomic E-state index is 14.9. The quantitative estimate of drug-likeness (QED) is 0.256. The van der Waals surface area contributed by atoms with Crippen molar-refractivity contribution in [3.63, 3.8) is 0 Å². The van der Waals surface area contributed by atoms with Gasteiger partial charge in [-0.3, -0.25) is 9.99 Å². The van der Waals surface area contributed by atoms with Crippen LogP contribution < -0.4 is 21.6 Å². The number of aromatic nitrogens is 2. The van der Waals surface area contributed by atoms with E-state index in [0.717, 1.165) is 0 Å². The Bertz CT molecular complexity index is 1480. The normalized spacial score (nSPS) is 17.0. The number of pyridine rings is 2. The fourth-order valence-electron chi connectivity index (χ4n) is 4.48. The van der Waals surface area contributed by atoms with Crippen molar-refractivity contribution < 1.29 is 13.2 Å². The summed E-state index contributed by atoms with van der Waals surface area (Å²) in [4.78, 5) is 8.16. The summed E-state index contributed by atoms with van der Waals surface area (Å²) in [6.45, 7) is 6.80. The van der Waals surface area contributed by atoms with Gasteiger partial charge in [0.1, 0.15) is 11.6 Å². The van der Waals surface area contributed by atoms with Gasteiger partial charge in [0, 0.05) is 41.8 Å². The van der Waals surface area contributed by atoms with E-state index in [-0.39, 0.29) is 11.0 Å². The molecule has 0 amide bonds. The molecule has 1 fully saturated rings. The third-order valence-corrected chi connectivity index (χ3v) is 7.09. The molecule has 5 rings (SSSR count). The summed E-state index contributed by atoms with van der Waals surface area (Å²) in [6.07, 6.45) is 2.45. The van der Waals surface area contributed by atoms with E-state index >= 15 is 0 Å². The first-order valence-electron chi connectivity index (χ1n) is 12.5. The van der Waals surface area contributed by atoms with Crippen molar-refractivity contribution in [2.45, 2.75) is 51.6 Å². The average Bonchev–Trinajstić information content (AvgIpc) is 3.56. The molecule has 1 aliphatic heterocycles. The lowest BCUT2D eigenvalue weighted by molar-refractivity contribution is 0.00911. The average molecular weight is 557 g/mol. The summed E-state index contributed by atoms with van der Waals surface area (Å²) in [7, 11) is 0. The summed E-state index contributed by atoms with van der Waals surface area (Å²) in [5.41, 5.74) is 6.91. The van der Waals surface area contributed by atoms with Crippen LogP contribution in [-0.4, -0.2) is 33.5 Å². The number of nitriles is 1. The van der Waals surface area contributed by atoms with Crippen LogP contribution in [0.3, 0.4) is 0 Å². The van der Waals surface area contributed by atoms with Crippen LogP contribution in [0.1, 0.15) is 50.8 Å². The van der Waals surface area contributed by atoms with Crippen LogP contribution in [-0.2, 0) is 0 Å². The van der Waals surface area contributed by atoms with Gasteiger partial charge in [-0.05, 0) is 36.5 Å². The number of fused-ring (bicyclic) bond motifs is 1. The molecule has 4 N–H and O–H groups in total. The van der Waals surface area contributed by atoms with E-state index < -0.39 is 24.0 Å². The zero-order chi connectivity index (χ0) is 27.9. The Labute approximate surface area is 229 Å². The lowest BCUT2D eigenvalue weighted by Gasteiger charge is -2.25. The number of hydrogen-bond donors (Lipinski definition) is 4. The van der Waals surface area contributed by atoms with E-state index in [0.29, 0.717) is 57.9 Å². The molecule has 3 heterocycles. The van der Waals surface area contributed by atoms with Gasteiger partial charge in [0.2, 0.25) is 5.95 Å². The van der Waals surface area contributed by atoms with Gasteiger partial charge < -0.3 is 16.1 Å². The number of alkyl halides is 2. The minimum Gasteiger partial charge on any atom is -0.383 e. The van der Waals surface area contributed by atoms with E-state index in [1.54, 1.807) is 24.3 Å². The molecule has 0 bridgehead atoms. The number of benzene rings is 1. The maximum absolute atomic E-state index is 14.9. The Kier molecular flexibility index (Phi) is 6.95. The van der Waals surface area contributed by atoms with Crippen molar-refractivity contribution in [1.29, 1.82) is 5.26 Å². The first-order valence-corrected chi connectivity index (χ1v) is 12.8. The molecule has 8 nitrogen and oxygen atoms in total. The summed E-state index contributed by atoms with van der Waals surface area (Å²) < 4.78 is 42.4. The van der Waals surface area contributed by atoms with Crippen LogP contribution in [0.5, 0.6) is 0 Å². The van der Waals surface area contributed by atoms with E-state index in [2.05, 4.69) is 58.4 Å². The second-order valence-electron chi connectivity index (χ2n) is 11.0. The number of anilines is 2. The molecule has 0 spiro atoms. The van der Waals surface area contributed by atoms with Gasteiger partial charge in [-0.1, -0.05) is 38.4 Å². The minimum atomic E-state index is -2.55. The number of hydrazine groups is 2. The first-order chi connectivity index (χ1) is 18.5. The van der Waals surface area contributed by atoms with Gasteiger partial charge in [0.15, 0.2) is 0 Å². The van der Waals surface area contributed by atoms with Crippen molar-refractivity contribution in [3.8, 4) is 6.07 Å². The van der Waals surface area contributed by atoms with Gasteiger partial charge in [-0.2, -0.15) is 9.65 Å². The standard InChI is InChI=1S/C27H28ClF3N8/c1-26(2,3)14-35-21-15(11-32)12-34-22-18(21)9-16(10-19(22)28)36-23(17-5-4-8-33-24(17)29)20-13-39(38-37-20)27(6-7-27)25(30)31/h4-5,8-10,12-13,23,25,36-38H,6-7,14H2,1-3H3,(H,34,35). The van der Waals surface area contributed by atoms with E-state index in [1.165, 1.54) is 23.6 Å². The Morgan fingerprint density at radius 1 is 1.26 bits per heavy atom. The summed E-state index contributed by atoms with van der Waals surface area (Å²) in [5, 5.41) is 18.7. The van der Waals surface area contributed by atoms with Crippen LogP contribution in [0.25, 0.3) is 10.9 Å². The highest BCUT2D eigenvalue weighted by Gasteiger charge is 2.56. The van der Waals surface area contributed by atoms with Gasteiger partial charge in [-0.25, -0.2) is 13.8 Å². The molecule has 204 valence electrons. The van der Waals surface area contributed by atoms with Crippen LogP contribution in [0, 0.1) is 22.7 Å². The fourth-order valence-corrected chi connectivity index (χ4v) is 4.75. The monoisotopic (exact) mass is 556 g/mol. The van der Waals surface area contributed by atoms with Crippen molar-refractivity contribution in [1.82, 2.24) is 25.9 Å². The van der Waals surface area contributed by atoms with E-state index in [4.69, 9.17) is 11.6 Å². The largest absolute Gasteiger partial charge is 0.383 e. The lowest BCUT2D eigenvalue weighted by atomic mass is 9.96. The second-order valence-corrected chi connectivity index (χ2v) is 11.4. The first kappa shape index (κ1) is 26.8. The molecule has 39 heavy (non-hydrogen) atoms. The Hall–Kier alpha value is -3.75. The molecule has 3 aromatic rings. The number of nitrogens with zero attached hydrogens (tertiary/aromatic N) is 4. The van der Waals surface area contributed by atoms with Crippen LogP contribution in [0.2, 0.25) is 5.02 Å². The highest BCUT2D eigenvalue weighted by molar-refractivity contribution is 6.35. The molecular weight excluding hydrogens is 529 g/mol. The lowest BCUT2D eigenvalue weighted by Crippen LogP contribution is -2.48. The Morgan fingerprint density at radius 3 is 2.67 bits per heavy atom. The van der Waals surface area contributed by atoms with Crippen molar-refractivity contribution in [2.24, 2.45) is 5.41 Å². The topological polar surface area (TPSA) is 101 Å². The Balaban J connectivity index is 1.57. The molecule has 1 aromatic carbocycles. The number of rotatable bonds is 8. The molecule has 1 aliphatic carbocycles. The molecule has 1 saturated carbocycles. The highest BCUT2D eigenvalue weighted by Crippen LogP contribution is 2.47. The highest BCUT2D eigenvalue weighted by atomic mass is 35.5. The zero-order valence-electron chi connectivity index (χ0n) is 21.6. The van der Waals surface area contributed by atoms with E-state index in [1.807, 2.05) is 0 Å². The van der Waals surface area contributed by atoms with Crippen molar-refractivity contribution >= 4 is 33.9 Å². The molecule has 1 atom stereocenters. The zero-order valence-corrected chi connectivity index (χ0v) is 22.4. The third kappa shape index (κ3) is 5.27. The second kappa shape index (κ2) is 10.1. The fraction of sp³-hybridized carbons (Fsp3) is 0.370. The molecule has 1 unspecified atom stereocenters. The van der Waals surface area contributed by atoms with Crippen molar-refractivity contribution in [2.75, 3.05) is 17.2 Å². The van der Waals surface area contributed by atoms with Crippen LogP contribution in [0.4, 0.5) is 24.5 Å². The number of nitrogens with one attached hydrogen (secondary N) is 4. The smallest absolute Gasteiger partial charge is 0.262 e. The van der Waals surface area contributed by atoms with Gasteiger partial charge in [0.25, 0.3) is 6.43 Å². The predicted molar refractivity (Wildman–Crippen MR) is 144 cm³/mol. The van der Waals surface area contributed by atoms with Gasteiger partial charge in [-0.15, -0.1) is 5.53 Å². The molecule has 12 heteroatoms. The molecule has 0 saturated heterocycles.